The monoisotopic (exact) mass is 328 g/mol. The first-order valence-corrected chi connectivity index (χ1v) is 7.75. The van der Waals surface area contributed by atoms with Crippen molar-refractivity contribution in [3.63, 3.8) is 0 Å². The molecule has 0 fully saturated rings. The van der Waals surface area contributed by atoms with Crippen LogP contribution in [0.5, 0.6) is 17.2 Å². The predicted octanol–water partition coefficient (Wildman–Crippen LogP) is 3.21. The normalized spacial score (nSPS) is 16.3. The van der Waals surface area contributed by atoms with Crippen LogP contribution in [0.2, 0.25) is 0 Å². The number of carbonyl (C=O) groups excluding carboxylic acids is 1. The summed E-state index contributed by atoms with van der Waals surface area (Å²) in [6.45, 7) is 1.53. The van der Waals surface area contributed by atoms with Crippen LogP contribution in [0.3, 0.4) is 0 Å². The molecule has 3 rings (SSSR count). The molecule has 0 aromatic heterocycles. The molecule has 2 aromatic carbocycles. The lowest BCUT2D eigenvalue weighted by Gasteiger charge is -2.30. The number of Topliss-reactive ketones (excluding diaryl/α,β-unsaturated/α-hetero) is 1. The highest BCUT2D eigenvalue weighted by Gasteiger charge is 2.35. The van der Waals surface area contributed by atoms with Gasteiger partial charge in [-0.1, -0.05) is 30.3 Å². The van der Waals surface area contributed by atoms with Crippen molar-refractivity contribution in [2.24, 2.45) is 0 Å². The van der Waals surface area contributed by atoms with Gasteiger partial charge in [-0.25, -0.2) is 0 Å². The van der Waals surface area contributed by atoms with Crippen molar-refractivity contribution in [2.75, 3.05) is 14.2 Å². The number of rotatable bonds is 4. The minimum atomic E-state index is -0.348. The highest BCUT2D eigenvalue weighted by Crippen LogP contribution is 2.48. The van der Waals surface area contributed by atoms with E-state index in [1.54, 1.807) is 0 Å². The first-order chi connectivity index (χ1) is 11.6. The fourth-order valence-corrected chi connectivity index (χ4v) is 3.23. The Morgan fingerprint density at radius 3 is 2.42 bits per heavy atom. The lowest BCUT2D eigenvalue weighted by atomic mass is 9.91. The van der Waals surface area contributed by atoms with Crippen molar-refractivity contribution in [3.05, 3.63) is 52.6 Å². The molecule has 0 radical (unpaired) electrons. The molecule has 126 valence electrons. The minimum Gasteiger partial charge on any atom is -0.496 e. The fourth-order valence-electron chi connectivity index (χ4n) is 3.23. The van der Waals surface area contributed by atoms with Crippen molar-refractivity contribution in [3.8, 4) is 17.2 Å². The van der Waals surface area contributed by atoms with Gasteiger partial charge in [0, 0.05) is 5.56 Å². The molecule has 5 nitrogen and oxygen atoms in total. The van der Waals surface area contributed by atoms with Crippen LogP contribution in [0.15, 0.2) is 30.3 Å². The summed E-state index contributed by atoms with van der Waals surface area (Å²) in [5.74, 6) is 1.20. The lowest BCUT2D eigenvalue weighted by Crippen LogP contribution is -2.23. The number of methoxy groups -OCH3 is 2. The molecule has 1 unspecified atom stereocenters. The topological polar surface area (TPSA) is 65.0 Å². The molecule has 1 N–H and O–H groups in total. The van der Waals surface area contributed by atoms with Gasteiger partial charge in [0.2, 0.25) is 0 Å². The Morgan fingerprint density at radius 1 is 1.17 bits per heavy atom. The molecule has 2 aromatic rings. The Morgan fingerprint density at radius 2 is 1.83 bits per heavy atom. The van der Waals surface area contributed by atoms with E-state index < -0.39 is 0 Å². The minimum absolute atomic E-state index is 0.0672. The molecule has 5 heteroatoms. The molecule has 1 aliphatic rings. The summed E-state index contributed by atoms with van der Waals surface area (Å²) in [7, 11) is 2.99. The molecular formula is C19H20O5. The first-order valence-electron chi connectivity index (χ1n) is 7.75. The van der Waals surface area contributed by atoms with E-state index in [4.69, 9.17) is 14.2 Å². The Hall–Kier alpha value is -2.53. The number of carbonyl (C=O) groups is 1. The van der Waals surface area contributed by atoms with E-state index in [1.807, 2.05) is 37.3 Å². The second-order valence-electron chi connectivity index (χ2n) is 5.68. The highest BCUT2D eigenvalue weighted by molar-refractivity contribution is 6.04. The second-order valence-corrected chi connectivity index (χ2v) is 5.68. The smallest absolute Gasteiger partial charge is 0.174 e. The number of benzene rings is 2. The van der Waals surface area contributed by atoms with Gasteiger partial charge >= 0.3 is 0 Å². The van der Waals surface area contributed by atoms with Gasteiger partial charge in [0.25, 0.3) is 0 Å². The van der Waals surface area contributed by atoms with E-state index in [0.717, 1.165) is 5.56 Å². The number of aliphatic hydroxyl groups is 1. The largest absolute Gasteiger partial charge is 0.496 e. The number of hydrogen-bond acceptors (Lipinski definition) is 5. The third-order valence-corrected chi connectivity index (χ3v) is 4.33. The van der Waals surface area contributed by atoms with E-state index in [1.165, 1.54) is 14.2 Å². The van der Waals surface area contributed by atoms with Crippen LogP contribution in [0.1, 0.15) is 39.6 Å². The van der Waals surface area contributed by atoms with E-state index in [2.05, 4.69) is 0 Å². The van der Waals surface area contributed by atoms with Crippen molar-refractivity contribution in [1.29, 1.82) is 0 Å². The zero-order valence-corrected chi connectivity index (χ0v) is 14.0. The van der Waals surface area contributed by atoms with Crippen LogP contribution in [-0.4, -0.2) is 25.1 Å². The summed E-state index contributed by atoms with van der Waals surface area (Å²) in [4.78, 5) is 12.8. The molecule has 1 aliphatic heterocycles. The molecule has 0 spiro atoms. The number of ether oxygens (including phenoxy) is 3. The summed E-state index contributed by atoms with van der Waals surface area (Å²) in [5, 5.41) is 9.69. The zero-order valence-electron chi connectivity index (χ0n) is 14.0. The Balaban J connectivity index is 2.18. The van der Waals surface area contributed by atoms with Crippen molar-refractivity contribution in [2.45, 2.75) is 26.1 Å². The van der Waals surface area contributed by atoms with E-state index >= 15 is 0 Å². The van der Waals surface area contributed by atoms with Gasteiger partial charge in [0.1, 0.15) is 28.9 Å². The second kappa shape index (κ2) is 6.53. The maximum atomic E-state index is 12.8. The van der Waals surface area contributed by atoms with Crippen LogP contribution < -0.4 is 14.2 Å². The van der Waals surface area contributed by atoms with Crippen LogP contribution in [-0.2, 0) is 6.61 Å². The van der Waals surface area contributed by atoms with Crippen LogP contribution in [0.25, 0.3) is 0 Å². The average Bonchev–Trinajstić information content (AvgIpc) is 2.62. The lowest BCUT2D eigenvalue weighted by molar-refractivity contribution is 0.0841. The number of hydrogen-bond donors (Lipinski definition) is 1. The maximum absolute atomic E-state index is 12.8. The molecule has 0 saturated carbocycles. The van der Waals surface area contributed by atoms with Crippen LogP contribution >= 0.6 is 0 Å². The van der Waals surface area contributed by atoms with Gasteiger partial charge < -0.3 is 19.3 Å². The van der Waals surface area contributed by atoms with Crippen LogP contribution in [0, 0.1) is 6.92 Å². The number of ketones is 1. The molecule has 1 heterocycles. The van der Waals surface area contributed by atoms with Crippen LogP contribution in [0.4, 0.5) is 0 Å². The number of aliphatic hydroxyl groups excluding tert-OH is 1. The summed E-state index contributed by atoms with van der Waals surface area (Å²) >= 11 is 0. The summed E-state index contributed by atoms with van der Waals surface area (Å²) < 4.78 is 17.0. The molecule has 1 atom stereocenters. The van der Waals surface area contributed by atoms with E-state index in [-0.39, 0.29) is 24.9 Å². The number of fused-ring (bicyclic) bond motifs is 1. The van der Waals surface area contributed by atoms with E-state index in [9.17, 15) is 9.90 Å². The molecule has 0 amide bonds. The summed E-state index contributed by atoms with van der Waals surface area (Å²) in [6.07, 6.45) is -0.122. The van der Waals surface area contributed by atoms with Gasteiger partial charge in [0.15, 0.2) is 5.78 Å². The van der Waals surface area contributed by atoms with Gasteiger partial charge in [0.05, 0.1) is 32.8 Å². The zero-order chi connectivity index (χ0) is 17.3. The quantitative estimate of drug-likeness (QED) is 0.933. The third kappa shape index (κ3) is 2.51. The Kier molecular flexibility index (Phi) is 4.44. The Bertz CT molecular complexity index is 767. The molecular weight excluding hydrogens is 308 g/mol. The predicted molar refractivity (Wildman–Crippen MR) is 89.0 cm³/mol. The van der Waals surface area contributed by atoms with Gasteiger partial charge in [-0.2, -0.15) is 0 Å². The molecule has 0 aliphatic carbocycles. The molecule has 24 heavy (non-hydrogen) atoms. The highest BCUT2D eigenvalue weighted by atomic mass is 16.5. The fraction of sp³-hybridized carbons (Fsp3) is 0.316. The summed E-state index contributed by atoms with van der Waals surface area (Å²) in [6, 6.07) is 9.64. The maximum Gasteiger partial charge on any atom is 0.174 e. The van der Waals surface area contributed by atoms with Gasteiger partial charge in [-0.15, -0.1) is 0 Å². The first kappa shape index (κ1) is 16.3. The van der Waals surface area contributed by atoms with E-state index in [0.29, 0.717) is 33.9 Å². The van der Waals surface area contributed by atoms with Crippen molar-refractivity contribution >= 4 is 5.78 Å². The standard InChI is InChI=1S/C19H20O5/c1-11-17(22-2)13(10-20)19(23-3)16-14(21)9-15(24-18(11)16)12-7-5-4-6-8-12/h4-8,15,20H,9-10H2,1-3H3. The SMILES string of the molecule is COc1c(C)c2c(c(OC)c1CO)C(=O)CC(c1ccccc1)O2. The molecule has 0 saturated heterocycles. The summed E-state index contributed by atoms with van der Waals surface area (Å²) in [5.41, 5.74) is 2.48. The van der Waals surface area contributed by atoms with Crippen molar-refractivity contribution in [1.82, 2.24) is 0 Å². The van der Waals surface area contributed by atoms with Crippen molar-refractivity contribution < 1.29 is 24.1 Å². The van der Waals surface area contributed by atoms with Gasteiger partial charge in [-0.3, -0.25) is 4.79 Å². The Labute approximate surface area is 140 Å². The third-order valence-electron chi connectivity index (χ3n) is 4.33. The average molecular weight is 328 g/mol. The molecule has 0 bridgehead atoms. The van der Waals surface area contributed by atoms with Gasteiger partial charge in [-0.05, 0) is 12.5 Å².